The van der Waals surface area contributed by atoms with Gasteiger partial charge in [0.15, 0.2) is 0 Å². The van der Waals surface area contributed by atoms with Gasteiger partial charge in [0.05, 0.1) is 12.1 Å². The van der Waals surface area contributed by atoms with Crippen molar-refractivity contribution < 1.29 is 5.11 Å². The van der Waals surface area contributed by atoms with Crippen LogP contribution < -0.4 is 5.73 Å². The normalized spacial score (nSPS) is 15.9. The number of rotatable bonds is 4. The summed E-state index contributed by atoms with van der Waals surface area (Å²) in [6.45, 7) is 5.99. The van der Waals surface area contributed by atoms with Gasteiger partial charge in [-0.3, -0.25) is 0 Å². The molecule has 0 saturated heterocycles. The minimum atomic E-state index is -0.524. The van der Waals surface area contributed by atoms with Crippen molar-refractivity contribution in [1.82, 2.24) is 0 Å². The second-order valence-corrected chi connectivity index (χ2v) is 4.82. The smallest absolute Gasteiger partial charge is 0.0758 e. The van der Waals surface area contributed by atoms with E-state index >= 15 is 0 Å². The number of hydrogen-bond acceptors (Lipinski definition) is 2. The van der Waals surface area contributed by atoms with Crippen LogP contribution in [0.15, 0.2) is 18.2 Å². The topological polar surface area (TPSA) is 46.2 Å². The molecule has 0 aromatic heterocycles. The van der Waals surface area contributed by atoms with E-state index in [1.54, 1.807) is 0 Å². The van der Waals surface area contributed by atoms with Gasteiger partial charge in [0, 0.05) is 5.02 Å². The zero-order valence-corrected chi connectivity index (χ0v) is 12.1. The quantitative estimate of drug-likeness (QED) is 0.885. The predicted molar refractivity (Wildman–Crippen MR) is 75.8 cm³/mol. The number of nitrogens with two attached hydrogens (primary N) is 1. The molecule has 0 aliphatic heterocycles. The molecule has 3 atom stereocenters. The number of aliphatic hydroxyl groups is 1. The minimum Gasteiger partial charge on any atom is -0.391 e. The molecule has 1 aromatic carbocycles. The monoisotopic (exact) mass is 277 g/mol. The lowest BCUT2D eigenvalue weighted by Gasteiger charge is -2.24. The number of aryl methyl sites for hydroxylation is 1. The van der Waals surface area contributed by atoms with Crippen LogP contribution in [0.5, 0.6) is 0 Å². The molecule has 0 aliphatic rings. The molecule has 0 aliphatic carbocycles. The maximum absolute atomic E-state index is 10.0. The molecule has 98 valence electrons. The largest absolute Gasteiger partial charge is 0.391 e. The Kier molecular flexibility index (Phi) is 7.10. The third-order valence-electron chi connectivity index (χ3n) is 3.18. The fraction of sp³-hybridized carbons (Fsp3) is 0.538. The molecule has 0 heterocycles. The first-order valence-corrected chi connectivity index (χ1v) is 6.04. The summed E-state index contributed by atoms with van der Waals surface area (Å²) in [5.74, 6) is 0.190. The van der Waals surface area contributed by atoms with E-state index in [0.29, 0.717) is 5.02 Å². The molecule has 4 heteroatoms. The van der Waals surface area contributed by atoms with E-state index < -0.39 is 6.10 Å². The van der Waals surface area contributed by atoms with Crippen molar-refractivity contribution in [2.75, 3.05) is 0 Å². The lowest BCUT2D eigenvalue weighted by molar-refractivity contribution is 0.0880. The summed E-state index contributed by atoms with van der Waals surface area (Å²) in [4.78, 5) is 0. The minimum absolute atomic E-state index is 0. The number of hydrogen-bond donors (Lipinski definition) is 2. The molecule has 2 nitrogen and oxygen atoms in total. The molecule has 3 N–H and O–H groups in total. The maximum Gasteiger partial charge on any atom is 0.0758 e. The highest BCUT2D eigenvalue weighted by Crippen LogP contribution is 2.25. The highest BCUT2D eigenvalue weighted by atomic mass is 35.5. The van der Waals surface area contributed by atoms with Crippen molar-refractivity contribution >= 4 is 24.0 Å². The summed E-state index contributed by atoms with van der Waals surface area (Å²) in [5.41, 5.74) is 7.94. The van der Waals surface area contributed by atoms with Gasteiger partial charge in [-0.15, -0.1) is 12.4 Å². The first kappa shape index (κ1) is 16.7. The summed E-state index contributed by atoms with van der Waals surface area (Å²) in [6.07, 6.45) is 0.387. The average molecular weight is 278 g/mol. The van der Waals surface area contributed by atoms with E-state index in [2.05, 4.69) is 0 Å². The van der Waals surface area contributed by atoms with Crippen molar-refractivity contribution in [1.29, 1.82) is 0 Å². The maximum atomic E-state index is 10.0. The Labute approximate surface area is 115 Å². The molecule has 0 saturated carbocycles. The summed E-state index contributed by atoms with van der Waals surface area (Å²) < 4.78 is 0. The van der Waals surface area contributed by atoms with Crippen LogP contribution in [0.2, 0.25) is 5.02 Å². The lowest BCUT2D eigenvalue weighted by Crippen LogP contribution is -2.31. The lowest BCUT2D eigenvalue weighted by atomic mass is 9.91. The third kappa shape index (κ3) is 4.14. The van der Waals surface area contributed by atoms with E-state index in [1.165, 1.54) is 0 Å². The molecule has 17 heavy (non-hydrogen) atoms. The van der Waals surface area contributed by atoms with Crippen LogP contribution in [0.3, 0.4) is 0 Å². The van der Waals surface area contributed by atoms with Gasteiger partial charge in [-0.1, -0.05) is 44.0 Å². The van der Waals surface area contributed by atoms with Gasteiger partial charge in [0.2, 0.25) is 0 Å². The molecule has 0 fully saturated rings. The second-order valence-electron chi connectivity index (χ2n) is 4.41. The number of halogens is 2. The molecule has 1 rings (SSSR count). The van der Waals surface area contributed by atoms with Crippen LogP contribution in [-0.2, 0) is 0 Å². The van der Waals surface area contributed by atoms with Crippen LogP contribution in [0, 0.1) is 12.8 Å². The fourth-order valence-electron chi connectivity index (χ4n) is 1.61. The summed E-state index contributed by atoms with van der Waals surface area (Å²) in [7, 11) is 0. The Morgan fingerprint density at radius 3 is 2.47 bits per heavy atom. The van der Waals surface area contributed by atoms with Gasteiger partial charge in [0.25, 0.3) is 0 Å². The summed E-state index contributed by atoms with van der Waals surface area (Å²) >= 11 is 6.04. The highest BCUT2D eigenvalue weighted by molar-refractivity contribution is 6.31. The first-order valence-electron chi connectivity index (χ1n) is 5.67. The Balaban J connectivity index is 0.00000256. The van der Waals surface area contributed by atoms with Crippen LogP contribution in [0.1, 0.15) is 37.4 Å². The van der Waals surface area contributed by atoms with Crippen LogP contribution in [0.4, 0.5) is 0 Å². The van der Waals surface area contributed by atoms with Crippen LogP contribution >= 0.6 is 24.0 Å². The molecule has 0 radical (unpaired) electrons. The Hall–Kier alpha value is -0.280. The zero-order chi connectivity index (χ0) is 12.3. The Morgan fingerprint density at radius 2 is 2.00 bits per heavy atom. The van der Waals surface area contributed by atoms with Crippen molar-refractivity contribution in [3.05, 3.63) is 34.3 Å². The van der Waals surface area contributed by atoms with E-state index in [9.17, 15) is 5.11 Å². The second kappa shape index (κ2) is 7.22. The van der Waals surface area contributed by atoms with Gasteiger partial charge in [0.1, 0.15) is 0 Å². The molecular weight excluding hydrogens is 257 g/mol. The molecule has 1 aromatic rings. The summed E-state index contributed by atoms with van der Waals surface area (Å²) in [6, 6.07) is 5.33. The summed E-state index contributed by atoms with van der Waals surface area (Å²) in [5, 5.41) is 10.7. The molecule has 1 unspecified atom stereocenters. The van der Waals surface area contributed by atoms with E-state index in [4.69, 9.17) is 17.3 Å². The molecular formula is C13H21Cl2NO. The van der Waals surface area contributed by atoms with E-state index in [1.807, 2.05) is 39.0 Å². The SMILES string of the molecule is CCC(C)[C@H](O)[C@H](N)c1ccc(C)c(Cl)c1.Cl. The van der Waals surface area contributed by atoms with Gasteiger partial charge in [-0.05, 0) is 30.0 Å². The van der Waals surface area contributed by atoms with Crippen LogP contribution in [-0.4, -0.2) is 11.2 Å². The standard InChI is InChI=1S/C13H20ClNO.ClH/c1-4-8(2)13(16)12(15)10-6-5-9(3)11(14)7-10;/h5-8,12-13,16H,4,15H2,1-3H3;1H/t8?,12-,13+;/m1./s1. The van der Waals surface area contributed by atoms with Gasteiger partial charge < -0.3 is 10.8 Å². The molecule has 0 spiro atoms. The van der Waals surface area contributed by atoms with Crippen molar-refractivity contribution in [3.63, 3.8) is 0 Å². The first-order chi connectivity index (χ1) is 7.47. The van der Waals surface area contributed by atoms with Crippen molar-refractivity contribution in [3.8, 4) is 0 Å². The van der Waals surface area contributed by atoms with Crippen LogP contribution in [0.25, 0.3) is 0 Å². The fourth-order valence-corrected chi connectivity index (χ4v) is 1.80. The average Bonchev–Trinajstić information content (AvgIpc) is 2.29. The van der Waals surface area contributed by atoms with E-state index in [0.717, 1.165) is 17.5 Å². The Bertz CT molecular complexity index is 357. The Morgan fingerprint density at radius 1 is 1.41 bits per heavy atom. The zero-order valence-electron chi connectivity index (χ0n) is 10.5. The van der Waals surface area contributed by atoms with Crippen molar-refractivity contribution in [2.45, 2.75) is 39.3 Å². The number of aliphatic hydroxyl groups excluding tert-OH is 1. The van der Waals surface area contributed by atoms with E-state index in [-0.39, 0.29) is 24.4 Å². The van der Waals surface area contributed by atoms with Gasteiger partial charge >= 0.3 is 0 Å². The van der Waals surface area contributed by atoms with Gasteiger partial charge in [-0.2, -0.15) is 0 Å². The van der Waals surface area contributed by atoms with Gasteiger partial charge in [-0.25, -0.2) is 0 Å². The third-order valence-corrected chi connectivity index (χ3v) is 3.58. The predicted octanol–water partition coefficient (Wildman–Crippen LogP) is 3.48. The highest BCUT2D eigenvalue weighted by Gasteiger charge is 2.22. The number of benzene rings is 1. The molecule has 0 bridgehead atoms. The van der Waals surface area contributed by atoms with Crippen molar-refractivity contribution in [2.24, 2.45) is 11.7 Å². The molecule has 0 amide bonds.